The molecule has 2 nitrogen and oxygen atoms in total. The minimum Gasteiger partial charge on any atom is -0.299 e. The first-order valence-electron chi connectivity index (χ1n) is 9.60. The molecule has 1 spiro atoms. The summed E-state index contributed by atoms with van der Waals surface area (Å²) in [6.07, 6.45) is 9.69. The number of carbonyl (C=O) groups is 2. The molecule has 0 aromatic heterocycles. The van der Waals surface area contributed by atoms with Crippen LogP contribution in [0.1, 0.15) is 51.9 Å². The molecule has 130 valence electrons. The summed E-state index contributed by atoms with van der Waals surface area (Å²) in [6.45, 7) is 2.24. The second-order valence-corrected chi connectivity index (χ2v) is 11.6. The van der Waals surface area contributed by atoms with Gasteiger partial charge in [-0.25, -0.2) is 0 Å². The third-order valence-corrected chi connectivity index (χ3v) is 11.2. The molecule has 5 atom stereocenters. The van der Waals surface area contributed by atoms with Gasteiger partial charge < -0.3 is 0 Å². The second kappa shape index (κ2) is 5.39. The largest absolute Gasteiger partial charge is 0.299 e. The van der Waals surface area contributed by atoms with Gasteiger partial charge in [-0.1, -0.05) is 18.6 Å². The van der Waals surface area contributed by atoms with E-state index in [0.29, 0.717) is 35.2 Å². The highest BCUT2D eigenvalue weighted by Crippen LogP contribution is 2.62. The van der Waals surface area contributed by atoms with Gasteiger partial charge >= 0.3 is 0 Å². The lowest BCUT2D eigenvalue weighted by atomic mass is 9.52. The van der Waals surface area contributed by atoms with Crippen LogP contribution in [0.3, 0.4) is 0 Å². The monoisotopic (exact) mass is 362 g/mol. The Morgan fingerprint density at radius 1 is 1.00 bits per heavy atom. The summed E-state index contributed by atoms with van der Waals surface area (Å²) >= 11 is 3.73. The van der Waals surface area contributed by atoms with Crippen molar-refractivity contribution in [1.82, 2.24) is 0 Å². The van der Waals surface area contributed by atoms with Crippen LogP contribution in [0.15, 0.2) is 11.6 Å². The number of thioether (sulfide) groups is 2. The Kier molecular flexibility index (Phi) is 3.59. The summed E-state index contributed by atoms with van der Waals surface area (Å²) in [6, 6.07) is 0. The normalized spacial score (nSPS) is 46.5. The fraction of sp³-hybridized carbons (Fsp3) is 0.800. The number of rotatable bonds is 0. The van der Waals surface area contributed by atoms with Crippen LogP contribution in [0, 0.1) is 29.1 Å². The zero-order valence-corrected chi connectivity index (χ0v) is 16.0. The maximum atomic E-state index is 13.0. The van der Waals surface area contributed by atoms with E-state index in [1.807, 2.05) is 23.5 Å². The Bertz CT molecular complexity index is 634. The van der Waals surface area contributed by atoms with Crippen LogP contribution >= 0.6 is 23.5 Å². The van der Waals surface area contributed by atoms with Crippen molar-refractivity contribution in [1.29, 1.82) is 0 Å². The average molecular weight is 363 g/mol. The summed E-state index contributed by atoms with van der Waals surface area (Å²) in [7, 11) is 0. The summed E-state index contributed by atoms with van der Waals surface area (Å²) in [5.74, 6) is 5.63. The number of Topliss-reactive ketones (excluding diaryl/α,β-unsaturated/α-hetero) is 2. The van der Waals surface area contributed by atoms with E-state index >= 15 is 0 Å². The fourth-order valence-electron chi connectivity index (χ4n) is 6.60. The van der Waals surface area contributed by atoms with Gasteiger partial charge in [0.05, 0.1) is 0 Å². The summed E-state index contributed by atoms with van der Waals surface area (Å²) in [5, 5.41) is 0. The first kappa shape index (κ1) is 16.0. The lowest BCUT2D eigenvalue weighted by Crippen LogP contribution is -2.48. The van der Waals surface area contributed by atoms with Gasteiger partial charge in [0.15, 0.2) is 5.78 Å². The van der Waals surface area contributed by atoms with Gasteiger partial charge in [-0.2, -0.15) is 0 Å². The summed E-state index contributed by atoms with van der Waals surface area (Å²) < 4.78 is -0.231. The van der Waals surface area contributed by atoms with Crippen LogP contribution in [0.4, 0.5) is 0 Å². The molecule has 1 heterocycles. The van der Waals surface area contributed by atoms with Crippen molar-refractivity contribution in [2.45, 2.75) is 55.9 Å². The van der Waals surface area contributed by atoms with E-state index in [2.05, 4.69) is 13.0 Å². The Morgan fingerprint density at radius 2 is 1.79 bits per heavy atom. The first-order valence-corrected chi connectivity index (χ1v) is 11.6. The van der Waals surface area contributed by atoms with Crippen molar-refractivity contribution >= 4 is 35.1 Å². The molecule has 1 saturated heterocycles. The van der Waals surface area contributed by atoms with E-state index in [9.17, 15) is 9.59 Å². The van der Waals surface area contributed by atoms with Crippen LogP contribution in [0.25, 0.3) is 0 Å². The first-order chi connectivity index (χ1) is 11.5. The molecular formula is C20H26O2S2. The van der Waals surface area contributed by atoms with Gasteiger partial charge in [-0.3, -0.25) is 9.59 Å². The van der Waals surface area contributed by atoms with E-state index in [-0.39, 0.29) is 9.49 Å². The molecular weight excluding hydrogens is 336 g/mol. The smallest absolute Gasteiger partial charge is 0.163 e. The molecule has 0 N–H and O–H groups in total. The topological polar surface area (TPSA) is 34.1 Å². The molecule has 24 heavy (non-hydrogen) atoms. The maximum absolute atomic E-state index is 13.0. The number of hydrogen-bond acceptors (Lipinski definition) is 4. The van der Waals surface area contributed by atoms with E-state index in [1.165, 1.54) is 12.8 Å². The Balaban J connectivity index is 1.46. The van der Waals surface area contributed by atoms with Crippen molar-refractivity contribution in [3.63, 3.8) is 0 Å². The molecule has 4 fully saturated rings. The van der Waals surface area contributed by atoms with E-state index in [4.69, 9.17) is 0 Å². The number of ketones is 2. The standard InChI is InChI=1S/C20H26O2S2/c1-19-7-6-13-14(16(19)4-5-17(19)21)3-2-12-11-20(23-8-9-24-20)18(22)10-15(12)13/h11,13-16H,2-10H2,1H3. The minimum atomic E-state index is -0.231. The highest BCUT2D eigenvalue weighted by atomic mass is 32.2. The average Bonchev–Trinajstić information content (AvgIpc) is 3.15. The zero-order valence-electron chi connectivity index (χ0n) is 14.4. The fourth-order valence-corrected chi connectivity index (χ4v) is 9.66. The lowest BCUT2D eigenvalue weighted by molar-refractivity contribution is -0.132. The van der Waals surface area contributed by atoms with Crippen LogP contribution < -0.4 is 0 Å². The van der Waals surface area contributed by atoms with Crippen LogP contribution in [-0.4, -0.2) is 27.2 Å². The molecule has 1 aliphatic heterocycles. The third-order valence-electron chi connectivity index (χ3n) is 7.85. The number of carbonyl (C=O) groups excluding carboxylic acids is 2. The molecule has 0 bridgehead atoms. The number of allylic oxidation sites excluding steroid dienone is 1. The number of fused-ring (bicyclic) bond motifs is 5. The van der Waals surface area contributed by atoms with E-state index in [0.717, 1.165) is 43.6 Å². The molecule has 0 aromatic rings. The molecule has 5 unspecified atom stereocenters. The molecule has 0 amide bonds. The molecule has 0 aromatic carbocycles. The predicted molar refractivity (Wildman–Crippen MR) is 100 cm³/mol. The van der Waals surface area contributed by atoms with Crippen molar-refractivity contribution in [3.8, 4) is 0 Å². The molecule has 4 aliphatic carbocycles. The number of hydrogen-bond donors (Lipinski definition) is 0. The zero-order chi connectivity index (χ0) is 16.5. The van der Waals surface area contributed by atoms with E-state index in [1.54, 1.807) is 5.57 Å². The van der Waals surface area contributed by atoms with Crippen molar-refractivity contribution < 1.29 is 9.59 Å². The summed E-state index contributed by atoms with van der Waals surface area (Å²) in [5.41, 5.74) is 1.55. The Hall–Kier alpha value is -0.220. The van der Waals surface area contributed by atoms with Gasteiger partial charge in [-0.05, 0) is 55.8 Å². The predicted octanol–water partition coefficient (Wildman–Crippen LogP) is 4.48. The van der Waals surface area contributed by atoms with Gasteiger partial charge in [0, 0.05) is 29.8 Å². The summed E-state index contributed by atoms with van der Waals surface area (Å²) in [4.78, 5) is 25.4. The molecule has 5 rings (SSSR count). The SMILES string of the molecule is CC12CCC3C4CC(=O)C5(C=C4CCC3C1CCC2=O)SCCS5. The van der Waals surface area contributed by atoms with Crippen LogP contribution in [-0.2, 0) is 9.59 Å². The van der Waals surface area contributed by atoms with Crippen molar-refractivity contribution in [2.75, 3.05) is 11.5 Å². The molecule has 3 saturated carbocycles. The Morgan fingerprint density at radius 3 is 2.58 bits per heavy atom. The molecule has 5 aliphatic rings. The lowest BCUT2D eigenvalue weighted by Gasteiger charge is -2.52. The van der Waals surface area contributed by atoms with E-state index < -0.39 is 0 Å². The van der Waals surface area contributed by atoms with Crippen molar-refractivity contribution in [2.24, 2.45) is 29.1 Å². The highest BCUT2D eigenvalue weighted by molar-refractivity contribution is 8.22. The Labute approximate surface area is 153 Å². The quantitative estimate of drug-likeness (QED) is 0.595. The molecule has 4 heteroatoms. The molecule has 0 radical (unpaired) electrons. The van der Waals surface area contributed by atoms with Gasteiger partial charge in [-0.15, -0.1) is 23.5 Å². The van der Waals surface area contributed by atoms with Crippen LogP contribution in [0.2, 0.25) is 0 Å². The van der Waals surface area contributed by atoms with Crippen molar-refractivity contribution in [3.05, 3.63) is 11.6 Å². The van der Waals surface area contributed by atoms with Gasteiger partial charge in [0.25, 0.3) is 0 Å². The van der Waals surface area contributed by atoms with Crippen LogP contribution in [0.5, 0.6) is 0 Å². The van der Waals surface area contributed by atoms with Gasteiger partial charge in [0.2, 0.25) is 0 Å². The maximum Gasteiger partial charge on any atom is 0.163 e. The minimum absolute atomic E-state index is 0.0422. The van der Waals surface area contributed by atoms with Gasteiger partial charge in [0.1, 0.15) is 9.86 Å². The highest BCUT2D eigenvalue weighted by Gasteiger charge is 2.57. The second-order valence-electron chi connectivity index (χ2n) is 8.71. The third kappa shape index (κ3) is 2.05.